The zero-order chi connectivity index (χ0) is 8.85. The predicted molar refractivity (Wildman–Crippen MR) is 37.8 cm³/mol. The lowest BCUT2D eigenvalue weighted by Gasteiger charge is -1.94. The number of carbonyl (C=O) groups is 2. The van der Waals surface area contributed by atoms with E-state index in [0.717, 1.165) is 7.11 Å². The molecule has 1 N–H and O–H groups in total. The smallest absolute Gasteiger partial charge is 0.361 e. The van der Waals surface area contributed by atoms with Gasteiger partial charge in [0.05, 0.1) is 5.88 Å². The zero-order valence-electron chi connectivity index (χ0n) is 5.70. The van der Waals surface area contributed by atoms with Crippen LogP contribution in [0.3, 0.4) is 0 Å². The number of nitrogens with zero attached hydrogens (tertiary/aromatic N) is 1. The summed E-state index contributed by atoms with van der Waals surface area (Å²) in [5.74, 6) is -2.65. The van der Waals surface area contributed by atoms with Crippen molar-refractivity contribution >= 4 is 29.1 Å². The molecule has 0 aliphatic rings. The third-order valence-corrected chi connectivity index (χ3v) is 1.01. The molecule has 0 aliphatic carbocycles. The van der Waals surface area contributed by atoms with Gasteiger partial charge in [0.25, 0.3) is 0 Å². The molecule has 11 heavy (non-hydrogen) atoms. The Hall–Kier alpha value is -1.10. The van der Waals surface area contributed by atoms with Crippen LogP contribution in [0.1, 0.15) is 0 Å². The van der Waals surface area contributed by atoms with Crippen molar-refractivity contribution in [1.29, 1.82) is 0 Å². The highest BCUT2D eigenvalue weighted by molar-refractivity contribution is 6.67. The van der Waals surface area contributed by atoms with Gasteiger partial charge in [0, 0.05) is 0 Å². The first-order valence-corrected chi connectivity index (χ1v) is 3.10. The molecule has 0 saturated carbocycles. The van der Waals surface area contributed by atoms with Gasteiger partial charge in [-0.25, -0.2) is 4.79 Å². The first-order valence-electron chi connectivity index (χ1n) is 2.57. The van der Waals surface area contributed by atoms with Gasteiger partial charge in [0.2, 0.25) is 11.5 Å². The number of carbonyl (C=O) groups excluding carboxylic acids is 1. The van der Waals surface area contributed by atoms with E-state index in [9.17, 15) is 9.59 Å². The van der Waals surface area contributed by atoms with Crippen molar-refractivity contribution < 1.29 is 19.5 Å². The van der Waals surface area contributed by atoms with E-state index in [1.54, 1.807) is 0 Å². The number of halogens is 1. The van der Waals surface area contributed by atoms with E-state index in [2.05, 4.69) is 9.99 Å². The lowest BCUT2D eigenvalue weighted by Crippen LogP contribution is -2.25. The van der Waals surface area contributed by atoms with Crippen molar-refractivity contribution in [1.82, 2.24) is 0 Å². The first-order chi connectivity index (χ1) is 5.13. The average molecular weight is 180 g/mol. The van der Waals surface area contributed by atoms with Crippen LogP contribution in [0, 0.1) is 0 Å². The minimum atomic E-state index is -1.45. The normalized spacial score (nSPS) is 10.9. The number of hydrogen-bond donors (Lipinski definition) is 1. The molecule has 62 valence electrons. The lowest BCUT2D eigenvalue weighted by molar-refractivity contribution is -0.130. The van der Waals surface area contributed by atoms with Gasteiger partial charge in [0.1, 0.15) is 7.11 Å². The monoisotopic (exact) mass is 179 g/mol. The zero-order valence-corrected chi connectivity index (χ0v) is 6.46. The number of alkyl halides is 1. The SMILES string of the molecule is CO/N=C(\C(=O)O)C(=O)CCl. The number of rotatable bonds is 4. The molecule has 0 saturated heterocycles. The molecule has 0 atom stereocenters. The summed E-state index contributed by atoms with van der Waals surface area (Å²) in [6.07, 6.45) is 0. The Labute approximate surface area is 67.6 Å². The fourth-order valence-corrected chi connectivity index (χ4v) is 0.490. The average Bonchev–Trinajstić information content (AvgIpc) is 1.98. The number of carboxylic acid groups (broad SMARTS) is 1. The summed E-state index contributed by atoms with van der Waals surface area (Å²) < 4.78 is 0. The summed E-state index contributed by atoms with van der Waals surface area (Å²) in [6, 6.07) is 0. The lowest BCUT2D eigenvalue weighted by atomic mass is 10.3. The van der Waals surface area contributed by atoms with Crippen molar-refractivity contribution in [3.8, 4) is 0 Å². The number of ketones is 1. The molecule has 0 amide bonds. The second-order valence-electron chi connectivity index (χ2n) is 1.48. The maximum Gasteiger partial charge on any atom is 0.361 e. The first kappa shape index (κ1) is 9.90. The molecule has 0 unspecified atom stereocenters. The van der Waals surface area contributed by atoms with Crippen LogP contribution in [0.5, 0.6) is 0 Å². The van der Waals surface area contributed by atoms with Crippen molar-refractivity contribution in [2.75, 3.05) is 13.0 Å². The Bertz CT molecular complexity index is 201. The summed E-state index contributed by atoms with van der Waals surface area (Å²) in [5.41, 5.74) is -0.692. The van der Waals surface area contributed by atoms with Gasteiger partial charge in [-0.3, -0.25) is 4.79 Å². The Morgan fingerprint density at radius 3 is 2.45 bits per heavy atom. The predicted octanol–water partition coefficient (Wildman–Crippen LogP) is -0.119. The Morgan fingerprint density at radius 1 is 1.64 bits per heavy atom. The van der Waals surface area contributed by atoms with Crippen LogP contribution >= 0.6 is 11.6 Å². The van der Waals surface area contributed by atoms with Crippen LogP contribution in [0.25, 0.3) is 0 Å². The molecule has 6 heteroatoms. The molecule has 0 aromatic rings. The topological polar surface area (TPSA) is 76.0 Å². The van der Waals surface area contributed by atoms with Gasteiger partial charge in [-0.1, -0.05) is 5.16 Å². The summed E-state index contributed by atoms with van der Waals surface area (Å²) in [7, 11) is 1.14. The van der Waals surface area contributed by atoms with Crippen molar-refractivity contribution in [2.45, 2.75) is 0 Å². The fraction of sp³-hybridized carbons (Fsp3) is 0.400. The van der Waals surface area contributed by atoms with Gasteiger partial charge < -0.3 is 9.94 Å². The van der Waals surface area contributed by atoms with Gasteiger partial charge in [0.15, 0.2) is 0 Å². The molecule has 5 nitrogen and oxygen atoms in total. The third-order valence-electron chi connectivity index (χ3n) is 0.771. The van der Waals surface area contributed by atoms with Crippen molar-refractivity contribution in [2.24, 2.45) is 5.16 Å². The highest BCUT2D eigenvalue weighted by Gasteiger charge is 2.18. The summed E-state index contributed by atoms with van der Waals surface area (Å²) in [4.78, 5) is 24.9. The Balaban J connectivity index is 4.48. The van der Waals surface area contributed by atoms with E-state index in [4.69, 9.17) is 16.7 Å². The number of hydrogen-bond acceptors (Lipinski definition) is 4. The number of Topliss-reactive ketones (excluding diaryl/α,β-unsaturated/α-hetero) is 1. The van der Waals surface area contributed by atoms with E-state index < -0.39 is 23.3 Å². The highest BCUT2D eigenvalue weighted by atomic mass is 35.5. The van der Waals surface area contributed by atoms with Gasteiger partial charge in [-0.15, -0.1) is 11.6 Å². The molecule has 0 aromatic carbocycles. The number of carboxylic acids is 1. The molecule has 0 fully saturated rings. The van der Waals surface area contributed by atoms with Crippen LogP contribution in [-0.4, -0.2) is 35.6 Å². The number of aliphatic carboxylic acids is 1. The fourth-order valence-electron chi connectivity index (χ4n) is 0.364. The molecular weight excluding hydrogens is 174 g/mol. The Morgan fingerprint density at radius 2 is 2.18 bits per heavy atom. The molecule has 0 spiro atoms. The molecule has 0 rings (SSSR count). The summed E-state index contributed by atoms with van der Waals surface area (Å²) >= 11 is 5.08. The van der Waals surface area contributed by atoms with Gasteiger partial charge >= 0.3 is 5.97 Å². The number of oxime groups is 1. The van der Waals surface area contributed by atoms with Crippen molar-refractivity contribution in [3.05, 3.63) is 0 Å². The maximum atomic E-state index is 10.6. The standard InChI is InChI=1S/C5H6ClNO4/c1-11-7-4(5(9)10)3(8)2-6/h2H2,1H3,(H,9,10)/b7-4-. The van der Waals surface area contributed by atoms with E-state index >= 15 is 0 Å². The summed E-state index contributed by atoms with van der Waals surface area (Å²) in [6.45, 7) is 0. The van der Waals surface area contributed by atoms with Crippen LogP contribution in [0.4, 0.5) is 0 Å². The van der Waals surface area contributed by atoms with E-state index in [0.29, 0.717) is 0 Å². The van der Waals surface area contributed by atoms with Crippen LogP contribution < -0.4 is 0 Å². The molecule has 0 radical (unpaired) electrons. The molecule has 0 aromatic heterocycles. The Kier molecular flexibility index (Phi) is 4.21. The molecule has 0 bridgehead atoms. The molecular formula is C5H6ClNO4. The van der Waals surface area contributed by atoms with E-state index in [1.807, 2.05) is 0 Å². The molecule has 0 aliphatic heterocycles. The van der Waals surface area contributed by atoms with E-state index in [-0.39, 0.29) is 0 Å². The minimum Gasteiger partial charge on any atom is -0.476 e. The second kappa shape index (κ2) is 4.68. The van der Waals surface area contributed by atoms with Crippen LogP contribution in [0.15, 0.2) is 5.16 Å². The maximum absolute atomic E-state index is 10.6. The second-order valence-corrected chi connectivity index (χ2v) is 1.75. The largest absolute Gasteiger partial charge is 0.476 e. The highest BCUT2D eigenvalue weighted by Crippen LogP contribution is 1.87. The minimum absolute atomic E-state index is 0.422. The van der Waals surface area contributed by atoms with Crippen molar-refractivity contribution in [3.63, 3.8) is 0 Å². The third kappa shape index (κ3) is 2.99. The van der Waals surface area contributed by atoms with Gasteiger partial charge in [-0.2, -0.15) is 0 Å². The van der Waals surface area contributed by atoms with Crippen LogP contribution in [-0.2, 0) is 14.4 Å². The summed E-state index contributed by atoms with van der Waals surface area (Å²) in [5, 5.41) is 11.3. The quantitative estimate of drug-likeness (QED) is 0.283. The van der Waals surface area contributed by atoms with E-state index in [1.165, 1.54) is 0 Å². The molecule has 0 heterocycles. The van der Waals surface area contributed by atoms with Gasteiger partial charge in [-0.05, 0) is 0 Å². The van der Waals surface area contributed by atoms with Crippen LogP contribution in [0.2, 0.25) is 0 Å².